The molecule has 0 radical (unpaired) electrons. The van der Waals surface area contributed by atoms with E-state index in [4.69, 9.17) is 9.47 Å². The van der Waals surface area contributed by atoms with Gasteiger partial charge in [-0.2, -0.15) is 4.52 Å². The van der Waals surface area contributed by atoms with Crippen molar-refractivity contribution in [3.63, 3.8) is 0 Å². The third kappa shape index (κ3) is 6.22. The van der Waals surface area contributed by atoms with Gasteiger partial charge in [0, 0.05) is 32.1 Å². The summed E-state index contributed by atoms with van der Waals surface area (Å²) >= 11 is 0. The van der Waals surface area contributed by atoms with Gasteiger partial charge in [0.25, 0.3) is 5.56 Å². The lowest BCUT2D eigenvalue weighted by atomic mass is 10.1. The monoisotopic (exact) mass is 547 g/mol. The first-order valence-corrected chi connectivity index (χ1v) is 14.9. The third-order valence-corrected chi connectivity index (χ3v) is 8.12. The fourth-order valence-electron chi connectivity index (χ4n) is 4.77. The van der Waals surface area contributed by atoms with Crippen LogP contribution in [0.15, 0.2) is 27.9 Å². The molecule has 38 heavy (non-hydrogen) atoms. The van der Waals surface area contributed by atoms with Crippen molar-refractivity contribution in [1.82, 2.24) is 34.4 Å². The number of H-pyrrole nitrogens is 1. The molecule has 2 aromatic heterocycles. The van der Waals surface area contributed by atoms with Crippen molar-refractivity contribution in [3.05, 3.63) is 34.4 Å². The fourth-order valence-corrected chi connectivity index (χ4v) is 5.82. The first-order valence-electron chi connectivity index (χ1n) is 13.4. The molecular formula is C25H37N7O5S. The summed E-state index contributed by atoms with van der Waals surface area (Å²) in [6.45, 7) is 9.93. The van der Waals surface area contributed by atoms with Gasteiger partial charge >= 0.3 is 0 Å². The van der Waals surface area contributed by atoms with Crippen molar-refractivity contribution in [1.29, 1.82) is 0 Å². The largest absolute Gasteiger partial charge is 0.493 e. The van der Waals surface area contributed by atoms with Gasteiger partial charge in [0.15, 0.2) is 11.6 Å². The lowest BCUT2D eigenvalue weighted by Gasteiger charge is -2.26. The number of aromatic amines is 1. The molecule has 2 fully saturated rings. The number of ether oxygens (including phenoxy) is 2. The highest BCUT2D eigenvalue weighted by atomic mass is 32.2. The van der Waals surface area contributed by atoms with Gasteiger partial charge in [-0.3, -0.25) is 9.69 Å². The zero-order valence-electron chi connectivity index (χ0n) is 22.3. The summed E-state index contributed by atoms with van der Waals surface area (Å²) in [5.41, 5.74) is 0.0428. The van der Waals surface area contributed by atoms with E-state index in [0.717, 1.165) is 38.8 Å². The van der Waals surface area contributed by atoms with E-state index in [0.29, 0.717) is 43.5 Å². The molecule has 1 aliphatic heterocycles. The molecule has 0 amide bonds. The molecule has 12 nitrogen and oxygen atoms in total. The number of aromatic nitrogens is 5. The smallest absolute Gasteiger partial charge is 0.296 e. The van der Waals surface area contributed by atoms with Crippen LogP contribution in [0.1, 0.15) is 58.2 Å². The van der Waals surface area contributed by atoms with E-state index in [-0.39, 0.29) is 28.8 Å². The minimum atomic E-state index is -3.80. The Morgan fingerprint density at radius 1 is 1.16 bits per heavy atom. The van der Waals surface area contributed by atoms with E-state index in [1.807, 2.05) is 20.8 Å². The van der Waals surface area contributed by atoms with E-state index in [9.17, 15) is 13.2 Å². The number of hydrogen-bond donors (Lipinski definition) is 2. The van der Waals surface area contributed by atoms with Crippen molar-refractivity contribution in [3.8, 4) is 17.1 Å². The van der Waals surface area contributed by atoms with Crippen LogP contribution < -0.4 is 15.0 Å². The van der Waals surface area contributed by atoms with Gasteiger partial charge in [0.2, 0.25) is 15.7 Å². The molecule has 13 heteroatoms. The Labute approximate surface area is 222 Å². The molecule has 3 aromatic rings. The van der Waals surface area contributed by atoms with Crippen molar-refractivity contribution in [2.24, 2.45) is 0 Å². The van der Waals surface area contributed by atoms with Gasteiger partial charge in [-0.1, -0.05) is 26.7 Å². The van der Waals surface area contributed by atoms with Gasteiger partial charge in [0.1, 0.15) is 5.75 Å². The Hall–Kier alpha value is -2.87. The van der Waals surface area contributed by atoms with E-state index in [2.05, 4.69) is 29.9 Å². The van der Waals surface area contributed by atoms with Crippen LogP contribution in [0.3, 0.4) is 0 Å². The van der Waals surface area contributed by atoms with Crippen molar-refractivity contribution in [2.45, 2.75) is 57.3 Å². The summed E-state index contributed by atoms with van der Waals surface area (Å²) in [4.78, 5) is 17.8. The van der Waals surface area contributed by atoms with Gasteiger partial charge in [-0.05, 0) is 38.0 Å². The maximum atomic E-state index is 13.1. The van der Waals surface area contributed by atoms with Crippen LogP contribution in [0.4, 0.5) is 0 Å². The number of rotatable bonds is 9. The highest BCUT2D eigenvalue weighted by molar-refractivity contribution is 7.89. The molecule has 1 aliphatic carbocycles. The Kier molecular flexibility index (Phi) is 9.47. The maximum absolute atomic E-state index is 13.1. The van der Waals surface area contributed by atoms with E-state index in [1.165, 1.54) is 16.6 Å². The number of sulfonamides is 1. The van der Waals surface area contributed by atoms with Crippen molar-refractivity contribution >= 4 is 15.7 Å². The summed E-state index contributed by atoms with van der Waals surface area (Å²) in [7, 11) is -3.80. The van der Waals surface area contributed by atoms with Gasteiger partial charge in [0.05, 0.1) is 30.3 Å². The lowest BCUT2D eigenvalue weighted by Crippen LogP contribution is -2.41. The summed E-state index contributed by atoms with van der Waals surface area (Å²) in [5.74, 6) is 1.46. The van der Waals surface area contributed by atoms with E-state index >= 15 is 0 Å². The number of hydrogen-bond acceptors (Lipinski definition) is 9. The molecule has 208 valence electrons. The highest BCUT2D eigenvalue weighted by Gasteiger charge is 2.25. The first kappa shape index (κ1) is 28.1. The van der Waals surface area contributed by atoms with Gasteiger partial charge in [-0.25, -0.2) is 13.1 Å². The predicted octanol–water partition coefficient (Wildman–Crippen LogP) is 2.17. The molecule has 0 unspecified atom stereocenters. The minimum absolute atomic E-state index is 0.0606. The second-order valence-electron chi connectivity index (χ2n) is 9.02. The zero-order chi connectivity index (χ0) is 27.1. The SMILES string of the molecule is CC.CCOc1ccc(S(=O)(=O)NCCN2CCOCC2)cc1-c1nn2c(C3CCCC3)nnc2c(=O)[nH]1. The lowest BCUT2D eigenvalue weighted by molar-refractivity contribution is 0.0390. The Morgan fingerprint density at radius 2 is 1.89 bits per heavy atom. The van der Waals surface area contributed by atoms with Crippen molar-refractivity contribution in [2.75, 3.05) is 46.0 Å². The van der Waals surface area contributed by atoms with Crippen LogP contribution in [0, 0.1) is 0 Å². The minimum Gasteiger partial charge on any atom is -0.493 e. The third-order valence-electron chi connectivity index (χ3n) is 6.66. The summed E-state index contributed by atoms with van der Waals surface area (Å²) in [6, 6.07) is 4.56. The second-order valence-corrected chi connectivity index (χ2v) is 10.8. The average molecular weight is 548 g/mol. The van der Waals surface area contributed by atoms with E-state index < -0.39 is 15.6 Å². The second kappa shape index (κ2) is 12.8. The van der Waals surface area contributed by atoms with Crippen LogP contribution >= 0.6 is 0 Å². The molecular weight excluding hydrogens is 510 g/mol. The number of nitrogens with one attached hydrogen (secondary N) is 2. The summed E-state index contributed by atoms with van der Waals surface area (Å²) in [6.07, 6.45) is 4.14. The number of nitrogens with zero attached hydrogens (tertiary/aromatic N) is 5. The van der Waals surface area contributed by atoms with Gasteiger partial charge < -0.3 is 14.5 Å². The molecule has 1 saturated carbocycles. The predicted molar refractivity (Wildman–Crippen MR) is 143 cm³/mol. The fraction of sp³-hybridized carbons (Fsp3) is 0.600. The Morgan fingerprint density at radius 3 is 2.61 bits per heavy atom. The topological polar surface area (TPSA) is 144 Å². The van der Waals surface area contributed by atoms with E-state index in [1.54, 1.807) is 6.07 Å². The molecule has 0 bridgehead atoms. The van der Waals surface area contributed by atoms with Crippen LogP contribution in [-0.4, -0.2) is 84.1 Å². The molecule has 0 spiro atoms. The normalized spacial score (nSPS) is 16.9. The molecule has 5 rings (SSSR count). The number of morpholine rings is 1. The molecule has 1 aromatic carbocycles. The number of fused-ring (bicyclic) bond motifs is 1. The molecule has 2 aliphatic rings. The van der Waals surface area contributed by atoms with Gasteiger partial charge in [-0.15, -0.1) is 15.3 Å². The molecule has 1 saturated heterocycles. The van der Waals surface area contributed by atoms with Crippen LogP contribution in [0.5, 0.6) is 5.75 Å². The average Bonchev–Trinajstić information content (AvgIpc) is 3.61. The maximum Gasteiger partial charge on any atom is 0.296 e. The van der Waals surface area contributed by atoms with Crippen LogP contribution in [-0.2, 0) is 14.8 Å². The number of benzene rings is 1. The zero-order valence-corrected chi connectivity index (χ0v) is 23.1. The molecule has 3 heterocycles. The Bertz CT molecular complexity index is 1380. The first-order chi connectivity index (χ1) is 18.5. The quantitative estimate of drug-likeness (QED) is 0.412. The molecule has 0 atom stereocenters. The highest BCUT2D eigenvalue weighted by Crippen LogP contribution is 2.33. The summed E-state index contributed by atoms with van der Waals surface area (Å²) in [5, 5.41) is 12.9. The van der Waals surface area contributed by atoms with Crippen LogP contribution in [0.2, 0.25) is 0 Å². The summed E-state index contributed by atoms with van der Waals surface area (Å²) < 4.78 is 41.4. The van der Waals surface area contributed by atoms with Crippen molar-refractivity contribution < 1.29 is 17.9 Å². The molecule has 2 N–H and O–H groups in total. The standard InChI is InChI=1S/C23H31N7O5S.C2H6/c1-2-35-19-8-7-17(36(32,33)24-9-10-29-11-13-34-14-12-29)15-18(19)20-25-23(31)22-27-26-21(30(22)28-20)16-5-3-4-6-16;1-2/h7-8,15-16,24H,2-6,9-14H2,1H3,(H,25,28,31);1-2H3. The van der Waals surface area contributed by atoms with Crippen LogP contribution in [0.25, 0.3) is 17.0 Å². The Balaban J connectivity index is 0.00000164.